The van der Waals surface area contributed by atoms with Gasteiger partial charge in [0.2, 0.25) is 0 Å². The molecule has 0 radical (unpaired) electrons. The van der Waals surface area contributed by atoms with Crippen LogP contribution in [0.3, 0.4) is 0 Å². The van der Waals surface area contributed by atoms with Gasteiger partial charge >= 0.3 is 5.92 Å². The Hall–Kier alpha value is -4.71. The summed E-state index contributed by atoms with van der Waals surface area (Å²) in [5.74, 6) is -3.62. The number of hydrogen-bond donors (Lipinski definition) is 2. The molecule has 0 unspecified atom stereocenters. The monoisotopic (exact) mass is 606 g/mol. The van der Waals surface area contributed by atoms with E-state index in [4.69, 9.17) is 18.9 Å². The second-order valence-electron chi connectivity index (χ2n) is 11.0. The number of benzene rings is 3. The van der Waals surface area contributed by atoms with Crippen LogP contribution >= 0.6 is 0 Å². The molecule has 44 heavy (non-hydrogen) atoms. The number of rotatable bonds is 9. The molecule has 2 aliphatic rings. The van der Waals surface area contributed by atoms with E-state index in [1.165, 1.54) is 0 Å². The summed E-state index contributed by atoms with van der Waals surface area (Å²) in [6, 6.07) is 16.9. The molecule has 1 fully saturated rings. The molecule has 3 aromatic carbocycles. The summed E-state index contributed by atoms with van der Waals surface area (Å²) in [5, 5.41) is 10.7. The van der Waals surface area contributed by atoms with E-state index < -0.39 is 24.0 Å². The van der Waals surface area contributed by atoms with Gasteiger partial charge < -0.3 is 29.6 Å². The van der Waals surface area contributed by atoms with Crippen LogP contribution in [0.5, 0.6) is 17.2 Å². The molecule has 3 heterocycles. The molecule has 0 aliphatic carbocycles. The minimum atomic E-state index is -3.55. The SMILES string of the molecule is C[C@@H](NC(=O)C(C)(F)F)[C@H](Oc1ccc2c(cnn2-c2cccc(C(=O)N[C@@H]3CCOC3)c2)c1)c1ccc2c(c1)OCCO2. The van der Waals surface area contributed by atoms with Crippen LogP contribution in [-0.2, 0) is 9.53 Å². The Morgan fingerprint density at radius 3 is 2.64 bits per heavy atom. The number of aromatic nitrogens is 2. The summed E-state index contributed by atoms with van der Waals surface area (Å²) < 4.78 is 52.2. The summed E-state index contributed by atoms with van der Waals surface area (Å²) in [6.07, 6.45) is 1.61. The van der Waals surface area contributed by atoms with E-state index in [9.17, 15) is 18.4 Å². The molecule has 1 aromatic heterocycles. The molecule has 1 saturated heterocycles. The van der Waals surface area contributed by atoms with Gasteiger partial charge in [0, 0.05) is 24.5 Å². The second kappa shape index (κ2) is 12.1. The van der Waals surface area contributed by atoms with Gasteiger partial charge in [0.25, 0.3) is 11.8 Å². The summed E-state index contributed by atoms with van der Waals surface area (Å²) in [5.41, 5.74) is 2.59. The first-order chi connectivity index (χ1) is 21.2. The molecule has 0 spiro atoms. The Balaban J connectivity index is 1.26. The van der Waals surface area contributed by atoms with Crippen LogP contribution in [0.25, 0.3) is 16.6 Å². The van der Waals surface area contributed by atoms with Crippen LogP contribution < -0.4 is 24.8 Å². The minimum Gasteiger partial charge on any atom is -0.486 e. The van der Waals surface area contributed by atoms with E-state index in [0.717, 1.165) is 17.3 Å². The van der Waals surface area contributed by atoms with E-state index in [2.05, 4.69) is 15.7 Å². The van der Waals surface area contributed by atoms with E-state index in [-0.39, 0.29) is 11.9 Å². The Morgan fingerprint density at radius 1 is 1.05 bits per heavy atom. The maximum atomic E-state index is 13.7. The lowest BCUT2D eigenvalue weighted by Gasteiger charge is -2.28. The highest BCUT2D eigenvalue weighted by molar-refractivity contribution is 5.95. The van der Waals surface area contributed by atoms with Crippen LogP contribution in [0.2, 0.25) is 0 Å². The fourth-order valence-corrected chi connectivity index (χ4v) is 5.24. The number of hydrogen-bond acceptors (Lipinski definition) is 7. The fourth-order valence-electron chi connectivity index (χ4n) is 5.24. The average Bonchev–Trinajstić information content (AvgIpc) is 3.69. The number of ether oxygens (including phenoxy) is 4. The highest BCUT2D eigenvalue weighted by Gasteiger charge is 2.35. The summed E-state index contributed by atoms with van der Waals surface area (Å²) in [7, 11) is 0. The van der Waals surface area contributed by atoms with Crippen molar-refractivity contribution >= 4 is 22.7 Å². The van der Waals surface area contributed by atoms with Crippen molar-refractivity contribution in [3.8, 4) is 22.9 Å². The predicted octanol–water partition coefficient (Wildman–Crippen LogP) is 4.60. The van der Waals surface area contributed by atoms with Crippen molar-refractivity contribution in [3.63, 3.8) is 0 Å². The van der Waals surface area contributed by atoms with Gasteiger partial charge in [0.05, 0.1) is 36.1 Å². The van der Waals surface area contributed by atoms with Crippen molar-refractivity contribution in [1.82, 2.24) is 20.4 Å². The van der Waals surface area contributed by atoms with Crippen LogP contribution in [0.15, 0.2) is 66.9 Å². The Morgan fingerprint density at radius 2 is 1.86 bits per heavy atom. The summed E-state index contributed by atoms with van der Waals surface area (Å²) in [4.78, 5) is 25.0. The highest BCUT2D eigenvalue weighted by atomic mass is 19.3. The molecule has 2 N–H and O–H groups in total. The topological polar surface area (TPSA) is 113 Å². The Kier molecular flexibility index (Phi) is 8.09. The maximum Gasteiger partial charge on any atom is 0.321 e. The molecular formula is C32H32F2N4O6. The third kappa shape index (κ3) is 6.30. The van der Waals surface area contributed by atoms with Gasteiger partial charge in [-0.05, 0) is 67.4 Å². The van der Waals surface area contributed by atoms with Crippen molar-refractivity contribution in [1.29, 1.82) is 0 Å². The third-order valence-electron chi connectivity index (χ3n) is 7.53. The highest BCUT2D eigenvalue weighted by Crippen LogP contribution is 2.36. The van der Waals surface area contributed by atoms with Crippen LogP contribution in [0, 0.1) is 0 Å². The van der Waals surface area contributed by atoms with E-state index in [1.807, 2.05) is 12.1 Å². The lowest BCUT2D eigenvalue weighted by atomic mass is 10.0. The number of carbonyl (C=O) groups excluding carboxylic acids is 2. The fraction of sp³-hybridized carbons (Fsp3) is 0.344. The van der Waals surface area contributed by atoms with Crippen molar-refractivity contribution < 1.29 is 37.3 Å². The lowest BCUT2D eigenvalue weighted by Crippen LogP contribution is -2.46. The number of fused-ring (bicyclic) bond motifs is 2. The van der Waals surface area contributed by atoms with Crippen molar-refractivity contribution in [2.75, 3.05) is 26.4 Å². The molecule has 230 valence electrons. The van der Waals surface area contributed by atoms with Gasteiger partial charge in [0.1, 0.15) is 25.1 Å². The van der Waals surface area contributed by atoms with Gasteiger partial charge in [0.15, 0.2) is 11.5 Å². The van der Waals surface area contributed by atoms with Gasteiger partial charge in [-0.2, -0.15) is 13.9 Å². The zero-order valence-corrected chi connectivity index (χ0v) is 24.2. The van der Waals surface area contributed by atoms with E-state index in [0.29, 0.717) is 67.4 Å². The van der Waals surface area contributed by atoms with Crippen molar-refractivity contribution in [3.05, 3.63) is 78.0 Å². The maximum absolute atomic E-state index is 13.7. The number of halogens is 2. The number of carbonyl (C=O) groups is 2. The Bertz CT molecular complexity index is 1680. The molecule has 4 aromatic rings. The van der Waals surface area contributed by atoms with Gasteiger partial charge in [-0.1, -0.05) is 12.1 Å². The molecule has 0 bridgehead atoms. The number of amides is 2. The minimum absolute atomic E-state index is 0.00407. The molecule has 2 amide bonds. The Labute approximate surface area is 252 Å². The summed E-state index contributed by atoms with van der Waals surface area (Å²) in [6.45, 7) is 4.09. The molecular weight excluding hydrogens is 574 g/mol. The predicted molar refractivity (Wildman–Crippen MR) is 157 cm³/mol. The standard InChI is InChI=1S/C32H32F2N4O6/c1-19(36-31(40)32(2,33)34)29(20-6-9-27-28(16-20)43-13-12-42-27)44-25-7-8-26-22(15-25)17-35-38(26)24-5-3-4-21(14-24)30(39)37-23-10-11-41-18-23/h3-9,14-17,19,23,29H,10-13,18H2,1-2H3,(H,36,40)(H,37,39)/t19-,23-,29+/m1/s1. The van der Waals surface area contributed by atoms with Gasteiger partial charge in [-0.25, -0.2) is 4.68 Å². The molecule has 12 heteroatoms. The van der Waals surface area contributed by atoms with Crippen LogP contribution in [-0.4, -0.2) is 66.0 Å². The van der Waals surface area contributed by atoms with Gasteiger partial charge in [-0.3, -0.25) is 9.59 Å². The van der Waals surface area contributed by atoms with E-state index >= 15 is 0 Å². The van der Waals surface area contributed by atoms with Gasteiger partial charge in [-0.15, -0.1) is 0 Å². The molecule has 10 nitrogen and oxygen atoms in total. The smallest absolute Gasteiger partial charge is 0.321 e. The average molecular weight is 607 g/mol. The zero-order valence-electron chi connectivity index (χ0n) is 24.2. The molecule has 3 atom stereocenters. The van der Waals surface area contributed by atoms with E-state index in [1.54, 1.807) is 66.3 Å². The van der Waals surface area contributed by atoms with Crippen molar-refractivity contribution in [2.24, 2.45) is 0 Å². The second-order valence-corrected chi connectivity index (χ2v) is 11.0. The summed E-state index contributed by atoms with van der Waals surface area (Å²) >= 11 is 0. The largest absolute Gasteiger partial charge is 0.486 e. The first-order valence-corrected chi connectivity index (χ1v) is 14.4. The first-order valence-electron chi connectivity index (χ1n) is 14.4. The molecule has 2 aliphatic heterocycles. The lowest BCUT2D eigenvalue weighted by molar-refractivity contribution is -0.144. The normalized spacial score (nSPS) is 17.6. The van der Waals surface area contributed by atoms with Crippen LogP contribution in [0.1, 0.15) is 42.3 Å². The molecule has 6 rings (SSSR count). The van der Waals surface area contributed by atoms with Crippen LogP contribution in [0.4, 0.5) is 8.78 Å². The van der Waals surface area contributed by atoms with Crippen molar-refractivity contribution in [2.45, 2.75) is 44.4 Å². The number of nitrogens with one attached hydrogen (secondary N) is 2. The first kappa shape index (κ1) is 29.4. The quantitative estimate of drug-likeness (QED) is 0.287. The number of nitrogens with zero attached hydrogens (tertiary/aromatic N) is 2. The number of alkyl halides is 2. The zero-order chi connectivity index (χ0) is 30.8. The third-order valence-corrected chi connectivity index (χ3v) is 7.53. The molecule has 0 saturated carbocycles.